The molecule has 4 unspecified atom stereocenters. The molecular weight excluding hydrogens is 352 g/mol. The first kappa shape index (κ1) is 17.4. The largest absolute Gasteiger partial charge is 0.354 e. The average molecular weight is 378 g/mol. The minimum Gasteiger partial charge on any atom is -0.354 e. The Balaban J connectivity index is 1.76. The van der Waals surface area contributed by atoms with E-state index in [4.69, 9.17) is 4.98 Å². The normalized spacial score (nSPS) is 32.8. The molecule has 1 spiro atoms. The molecule has 7 nitrogen and oxygen atoms in total. The molecule has 0 radical (unpaired) electrons. The topological polar surface area (TPSA) is 84.7 Å². The summed E-state index contributed by atoms with van der Waals surface area (Å²) in [4.78, 5) is 27.6. The number of allylic oxidation sites excluding steroid dienone is 3. The van der Waals surface area contributed by atoms with Crippen LogP contribution in [0.25, 0.3) is 16.7 Å². The summed E-state index contributed by atoms with van der Waals surface area (Å²) in [5.41, 5.74) is 1.75. The highest BCUT2D eigenvalue weighted by Gasteiger charge is 2.64. The van der Waals surface area contributed by atoms with E-state index in [1.54, 1.807) is 0 Å². The Labute approximate surface area is 164 Å². The van der Waals surface area contributed by atoms with E-state index >= 15 is 0 Å². The van der Waals surface area contributed by atoms with Crippen molar-refractivity contribution in [2.45, 2.75) is 40.7 Å². The maximum absolute atomic E-state index is 13.7. The third kappa shape index (κ3) is 1.99. The highest BCUT2D eigenvalue weighted by molar-refractivity contribution is 6.03. The lowest BCUT2D eigenvalue weighted by Gasteiger charge is -2.41. The second-order valence-corrected chi connectivity index (χ2v) is 8.79. The van der Waals surface area contributed by atoms with Gasteiger partial charge in [0.1, 0.15) is 11.3 Å². The lowest BCUT2D eigenvalue weighted by Crippen LogP contribution is -2.48. The number of fused-ring (bicyclic) bond motifs is 3. The molecule has 0 aromatic carbocycles. The molecule has 5 rings (SSSR count). The lowest BCUT2D eigenvalue weighted by molar-refractivity contribution is -0.131. The molecule has 4 atom stereocenters. The van der Waals surface area contributed by atoms with E-state index in [0.29, 0.717) is 30.5 Å². The van der Waals surface area contributed by atoms with Crippen LogP contribution in [0.3, 0.4) is 0 Å². The number of hydrogen-bond acceptors (Lipinski definition) is 5. The third-order valence-corrected chi connectivity index (χ3v) is 7.19. The summed E-state index contributed by atoms with van der Waals surface area (Å²) in [5, 5.41) is 6.29. The first-order valence-corrected chi connectivity index (χ1v) is 9.99. The predicted octanol–water partition coefficient (Wildman–Crippen LogP) is 3.46. The molecule has 1 amide bonds. The van der Waals surface area contributed by atoms with Crippen molar-refractivity contribution in [2.24, 2.45) is 22.7 Å². The van der Waals surface area contributed by atoms with Crippen LogP contribution in [0.2, 0.25) is 0 Å². The molecule has 2 bridgehead atoms. The van der Waals surface area contributed by atoms with Crippen LogP contribution in [-0.4, -0.2) is 32.0 Å². The Morgan fingerprint density at radius 3 is 2.86 bits per heavy atom. The van der Waals surface area contributed by atoms with Gasteiger partial charge in [0.05, 0.1) is 5.41 Å². The van der Waals surface area contributed by atoms with Crippen molar-refractivity contribution in [1.82, 2.24) is 19.5 Å². The van der Waals surface area contributed by atoms with Crippen LogP contribution in [0.4, 0.5) is 11.8 Å². The van der Waals surface area contributed by atoms with E-state index in [1.807, 2.05) is 13.8 Å². The molecule has 146 valence electrons. The summed E-state index contributed by atoms with van der Waals surface area (Å²) < 4.78 is 2.12. The van der Waals surface area contributed by atoms with Crippen LogP contribution in [0, 0.1) is 22.7 Å². The van der Waals surface area contributed by atoms with E-state index in [-0.39, 0.29) is 23.2 Å². The smallest absolute Gasteiger partial charge is 0.234 e. The van der Waals surface area contributed by atoms with Crippen molar-refractivity contribution in [2.75, 3.05) is 17.2 Å². The van der Waals surface area contributed by atoms with Gasteiger partial charge in [-0.15, -0.1) is 0 Å². The molecule has 2 aromatic rings. The van der Waals surface area contributed by atoms with Gasteiger partial charge in [0.25, 0.3) is 0 Å². The summed E-state index contributed by atoms with van der Waals surface area (Å²) in [6.07, 6.45) is 5.54. The van der Waals surface area contributed by atoms with Gasteiger partial charge in [0.2, 0.25) is 11.9 Å². The molecule has 2 aliphatic carbocycles. The zero-order valence-electron chi connectivity index (χ0n) is 16.8. The van der Waals surface area contributed by atoms with Gasteiger partial charge >= 0.3 is 0 Å². The number of nitrogens with zero attached hydrogens (tertiary/aromatic N) is 4. The first-order valence-electron chi connectivity index (χ1n) is 9.99. The van der Waals surface area contributed by atoms with E-state index in [9.17, 15) is 4.79 Å². The number of hydrogen-bond donors (Lipinski definition) is 2. The number of amides is 1. The predicted molar refractivity (Wildman–Crippen MR) is 110 cm³/mol. The summed E-state index contributed by atoms with van der Waals surface area (Å²) in [7, 11) is 0. The van der Waals surface area contributed by atoms with Crippen LogP contribution in [-0.2, 0) is 11.3 Å². The zero-order valence-corrected chi connectivity index (χ0v) is 16.8. The van der Waals surface area contributed by atoms with Crippen molar-refractivity contribution in [1.29, 1.82) is 0 Å². The maximum Gasteiger partial charge on any atom is 0.234 e. The van der Waals surface area contributed by atoms with Crippen LogP contribution in [0.5, 0.6) is 0 Å². The number of aromatic nitrogens is 4. The standard InChI is InChI=1S/C21H26N6O/c1-6-22-19-25-15-14-16(26-19)24-18(28)21(10-27(14)17(23-15)11(2)3)12(4)20(5)8-7-13(21)9-20/h7-8,12-13H,2,6,9-10H2,1,3-5H3,(H2,22,24,25,26,28). The Hall–Kier alpha value is -2.70. The Morgan fingerprint density at radius 1 is 1.43 bits per heavy atom. The SMILES string of the molecule is C=C(C)c1nc2nc(NCC)nc3c2n1CC1(C(=O)N3)C2C=CC(C)(C2)C1C. The highest BCUT2D eigenvalue weighted by atomic mass is 16.2. The van der Waals surface area contributed by atoms with E-state index in [1.165, 1.54) is 0 Å². The summed E-state index contributed by atoms with van der Waals surface area (Å²) in [5.74, 6) is 2.26. The zero-order chi connectivity index (χ0) is 19.8. The van der Waals surface area contributed by atoms with E-state index in [0.717, 1.165) is 23.3 Å². The molecule has 0 saturated heterocycles. The maximum atomic E-state index is 13.7. The van der Waals surface area contributed by atoms with Gasteiger partial charge in [0.15, 0.2) is 11.5 Å². The molecule has 3 aliphatic rings. The van der Waals surface area contributed by atoms with Gasteiger partial charge in [-0.05, 0) is 43.1 Å². The average Bonchev–Trinajstić information content (AvgIpc) is 3.23. The van der Waals surface area contributed by atoms with Crippen molar-refractivity contribution in [3.05, 3.63) is 24.6 Å². The second kappa shape index (κ2) is 5.43. The Bertz CT molecular complexity index is 1070. The molecular formula is C21H26N6O. The number of nitrogens with one attached hydrogen (secondary N) is 2. The third-order valence-electron chi connectivity index (χ3n) is 7.19. The van der Waals surface area contributed by atoms with E-state index < -0.39 is 5.41 Å². The fourth-order valence-corrected chi connectivity index (χ4v) is 5.55. The van der Waals surface area contributed by atoms with Crippen molar-refractivity contribution in [3.8, 4) is 0 Å². The monoisotopic (exact) mass is 378 g/mol. The molecule has 3 heterocycles. The van der Waals surface area contributed by atoms with Gasteiger partial charge in [-0.2, -0.15) is 9.97 Å². The molecule has 2 N–H and O–H groups in total. The molecule has 1 aliphatic heterocycles. The number of carbonyl (C=O) groups is 1. The van der Waals surface area contributed by atoms with Gasteiger partial charge in [-0.1, -0.05) is 32.6 Å². The Morgan fingerprint density at radius 2 is 2.21 bits per heavy atom. The Kier molecular flexibility index (Phi) is 3.37. The van der Waals surface area contributed by atoms with Gasteiger partial charge in [-0.3, -0.25) is 4.79 Å². The summed E-state index contributed by atoms with van der Waals surface area (Å²) in [6.45, 7) is 13.8. The van der Waals surface area contributed by atoms with Gasteiger partial charge in [-0.25, -0.2) is 4.98 Å². The molecule has 1 fully saturated rings. The number of anilines is 2. The van der Waals surface area contributed by atoms with Crippen LogP contribution < -0.4 is 10.6 Å². The van der Waals surface area contributed by atoms with Gasteiger partial charge < -0.3 is 15.2 Å². The summed E-state index contributed by atoms with van der Waals surface area (Å²) >= 11 is 0. The molecule has 7 heteroatoms. The minimum atomic E-state index is -0.527. The van der Waals surface area contributed by atoms with Crippen LogP contribution >= 0.6 is 0 Å². The van der Waals surface area contributed by atoms with Gasteiger partial charge in [0, 0.05) is 13.1 Å². The fraction of sp³-hybridized carbons (Fsp3) is 0.524. The first-order chi connectivity index (χ1) is 13.3. The van der Waals surface area contributed by atoms with Crippen LogP contribution in [0.15, 0.2) is 18.7 Å². The summed E-state index contributed by atoms with van der Waals surface area (Å²) in [6, 6.07) is 0. The van der Waals surface area contributed by atoms with E-state index in [2.05, 4.69) is 57.7 Å². The second-order valence-electron chi connectivity index (χ2n) is 8.79. The molecule has 28 heavy (non-hydrogen) atoms. The van der Waals surface area contributed by atoms with Crippen molar-refractivity contribution < 1.29 is 4.79 Å². The quantitative estimate of drug-likeness (QED) is 0.799. The molecule has 1 saturated carbocycles. The minimum absolute atomic E-state index is 0.0439. The number of carbonyl (C=O) groups excluding carboxylic acids is 1. The molecule has 2 aromatic heterocycles. The number of rotatable bonds is 3. The van der Waals surface area contributed by atoms with Crippen molar-refractivity contribution in [3.63, 3.8) is 0 Å². The van der Waals surface area contributed by atoms with Crippen molar-refractivity contribution >= 4 is 34.4 Å². The number of imidazole rings is 1. The lowest BCUT2D eigenvalue weighted by atomic mass is 9.65. The highest BCUT2D eigenvalue weighted by Crippen LogP contribution is 2.64. The fourth-order valence-electron chi connectivity index (χ4n) is 5.55. The van der Waals surface area contributed by atoms with Crippen LogP contribution in [0.1, 0.15) is 39.9 Å².